The van der Waals surface area contributed by atoms with E-state index in [-0.39, 0.29) is 18.4 Å². The maximum Gasteiger partial charge on any atom is 0.227 e. The van der Waals surface area contributed by atoms with E-state index in [1.165, 1.54) is 11.3 Å². The third-order valence-corrected chi connectivity index (χ3v) is 5.67. The Labute approximate surface area is 173 Å². The SMILES string of the molecule is Cc1cccc(N2CCN(CCc3nc(C4CNCCN4C)no3)CC2)c1.Cl. The summed E-state index contributed by atoms with van der Waals surface area (Å²) in [7, 11) is 2.12. The molecule has 3 heterocycles. The lowest BCUT2D eigenvalue weighted by atomic mass is 10.2. The fraction of sp³-hybridized carbons (Fsp3) is 0.600. The molecule has 154 valence electrons. The van der Waals surface area contributed by atoms with Crippen molar-refractivity contribution in [2.75, 3.05) is 64.3 Å². The third-order valence-electron chi connectivity index (χ3n) is 5.67. The van der Waals surface area contributed by atoms with Gasteiger partial charge < -0.3 is 14.7 Å². The molecule has 28 heavy (non-hydrogen) atoms. The minimum absolute atomic E-state index is 0. The van der Waals surface area contributed by atoms with Gasteiger partial charge >= 0.3 is 0 Å². The second kappa shape index (κ2) is 9.69. The lowest BCUT2D eigenvalue weighted by Gasteiger charge is -2.36. The molecule has 1 atom stereocenters. The topological polar surface area (TPSA) is 60.7 Å². The summed E-state index contributed by atoms with van der Waals surface area (Å²) in [6, 6.07) is 8.99. The Hall–Kier alpha value is -1.67. The number of halogens is 1. The molecule has 2 aromatic rings. The van der Waals surface area contributed by atoms with Crippen LogP contribution in [-0.4, -0.2) is 79.3 Å². The number of aromatic nitrogens is 2. The van der Waals surface area contributed by atoms with Crippen molar-refractivity contribution in [2.24, 2.45) is 0 Å². The van der Waals surface area contributed by atoms with E-state index in [4.69, 9.17) is 4.52 Å². The molecule has 0 bridgehead atoms. The van der Waals surface area contributed by atoms with Gasteiger partial charge in [0, 0.05) is 64.5 Å². The lowest BCUT2D eigenvalue weighted by Crippen LogP contribution is -2.47. The van der Waals surface area contributed by atoms with E-state index in [1.54, 1.807) is 0 Å². The number of nitrogens with zero attached hydrogens (tertiary/aromatic N) is 5. The van der Waals surface area contributed by atoms with E-state index in [0.29, 0.717) is 0 Å². The van der Waals surface area contributed by atoms with Crippen LogP contribution in [0.1, 0.15) is 23.3 Å². The zero-order valence-corrected chi connectivity index (χ0v) is 17.6. The van der Waals surface area contributed by atoms with Gasteiger partial charge in [-0.15, -0.1) is 12.4 Å². The first-order valence-electron chi connectivity index (χ1n) is 9.96. The normalized spacial score (nSPS) is 21.5. The Morgan fingerprint density at radius 3 is 2.75 bits per heavy atom. The van der Waals surface area contributed by atoms with Gasteiger partial charge in [0.25, 0.3) is 0 Å². The van der Waals surface area contributed by atoms with Crippen LogP contribution in [0.4, 0.5) is 5.69 Å². The minimum Gasteiger partial charge on any atom is -0.369 e. The number of aryl methyl sites for hydroxylation is 1. The van der Waals surface area contributed by atoms with Gasteiger partial charge in [0.15, 0.2) is 5.82 Å². The van der Waals surface area contributed by atoms with Crippen molar-refractivity contribution in [1.29, 1.82) is 0 Å². The van der Waals surface area contributed by atoms with Crippen LogP contribution in [0.5, 0.6) is 0 Å². The average Bonchev–Trinajstić information content (AvgIpc) is 3.16. The molecule has 7 nitrogen and oxygen atoms in total. The maximum absolute atomic E-state index is 5.51. The fourth-order valence-electron chi connectivity index (χ4n) is 3.91. The molecule has 2 fully saturated rings. The minimum atomic E-state index is 0. The molecule has 0 aliphatic carbocycles. The lowest BCUT2D eigenvalue weighted by molar-refractivity contribution is 0.190. The van der Waals surface area contributed by atoms with Gasteiger partial charge in [-0.25, -0.2) is 0 Å². The number of nitrogens with one attached hydrogen (secondary N) is 1. The smallest absolute Gasteiger partial charge is 0.227 e. The highest BCUT2D eigenvalue weighted by Crippen LogP contribution is 2.19. The molecule has 2 saturated heterocycles. The first kappa shape index (κ1) is 21.0. The summed E-state index contributed by atoms with van der Waals surface area (Å²) < 4.78 is 5.51. The van der Waals surface area contributed by atoms with Gasteiger partial charge in [-0.3, -0.25) is 9.80 Å². The first-order valence-corrected chi connectivity index (χ1v) is 9.96. The second-order valence-electron chi connectivity index (χ2n) is 7.66. The molecule has 0 saturated carbocycles. The van der Waals surface area contributed by atoms with Crippen LogP contribution in [0.15, 0.2) is 28.8 Å². The van der Waals surface area contributed by atoms with E-state index in [2.05, 4.69) is 68.4 Å². The Balaban J connectivity index is 0.00000225. The highest BCUT2D eigenvalue weighted by Gasteiger charge is 2.25. The number of anilines is 1. The molecule has 1 aromatic carbocycles. The monoisotopic (exact) mass is 406 g/mol. The summed E-state index contributed by atoms with van der Waals surface area (Å²) in [5.41, 5.74) is 2.65. The Kier molecular flexibility index (Phi) is 7.29. The van der Waals surface area contributed by atoms with Crippen molar-refractivity contribution in [1.82, 2.24) is 25.3 Å². The van der Waals surface area contributed by atoms with Crippen LogP contribution in [-0.2, 0) is 6.42 Å². The Morgan fingerprint density at radius 1 is 1.18 bits per heavy atom. The number of hydrogen-bond acceptors (Lipinski definition) is 7. The van der Waals surface area contributed by atoms with Gasteiger partial charge in [-0.2, -0.15) is 4.98 Å². The van der Waals surface area contributed by atoms with Crippen LogP contribution >= 0.6 is 12.4 Å². The molecule has 8 heteroatoms. The number of hydrogen-bond donors (Lipinski definition) is 1. The predicted octanol–water partition coefficient (Wildman–Crippen LogP) is 1.74. The molecule has 0 radical (unpaired) electrons. The van der Waals surface area contributed by atoms with E-state index in [1.807, 2.05) is 0 Å². The number of likely N-dealkylation sites (N-methyl/N-ethyl adjacent to an activating group) is 1. The van der Waals surface area contributed by atoms with Crippen LogP contribution in [0.25, 0.3) is 0 Å². The van der Waals surface area contributed by atoms with Crippen molar-refractivity contribution in [3.63, 3.8) is 0 Å². The highest BCUT2D eigenvalue weighted by molar-refractivity contribution is 5.85. The van der Waals surface area contributed by atoms with Gasteiger partial charge in [0.1, 0.15) is 0 Å². The molecule has 1 unspecified atom stereocenters. The number of piperazine rings is 2. The molecule has 4 rings (SSSR count). The van der Waals surface area contributed by atoms with Gasteiger partial charge in [0.05, 0.1) is 6.04 Å². The molecule has 2 aliphatic rings. The standard InChI is InChI=1S/C20H30N6O.ClH/c1-16-4-3-5-17(14-16)26-12-10-25(11-13-26)8-6-19-22-20(23-27-19)18-15-21-7-9-24(18)2;/h3-5,14,18,21H,6-13,15H2,1-2H3;1H. The second-order valence-corrected chi connectivity index (χ2v) is 7.66. The van der Waals surface area contributed by atoms with Crippen molar-refractivity contribution >= 4 is 18.1 Å². The van der Waals surface area contributed by atoms with Gasteiger partial charge in [-0.05, 0) is 31.7 Å². The Morgan fingerprint density at radius 2 is 2.00 bits per heavy atom. The average molecular weight is 407 g/mol. The van der Waals surface area contributed by atoms with Crippen LogP contribution in [0.2, 0.25) is 0 Å². The highest BCUT2D eigenvalue weighted by atomic mass is 35.5. The zero-order valence-electron chi connectivity index (χ0n) is 16.8. The first-order chi connectivity index (χ1) is 13.2. The maximum atomic E-state index is 5.51. The van der Waals surface area contributed by atoms with Crippen LogP contribution in [0.3, 0.4) is 0 Å². The summed E-state index contributed by atoms with van der Waals surface area (Å²) in [5, 5.41) is 7.62. The molecule has 1 N–H and O–H groups in total. The van der Waals surface area contributed by atoms with Gasteiger partial charge in [-0.1, -0.05) is 17.3 Å². The number of benzene rings is 1. The molecular weight excluding hydrogens is 376 g/mol. The Bertz CT molecular complexity index is 746. The zero-order chi connectivity index (χ0) is 18.6. The van der Waals surface area contributed by atoms with E-state index < -0.39 is 0 Å². The molecule has 2 aliphatic heterocycles. The van der Waals surface area contributed by atoms with Crippen molar-refractivity contribution < 1.29 is 4.52 Å². The fourth-order valence-corrected chi connectivity index (χ4v) is 3.91. The number of rotatable bonds is 5. The summed E-state index contributed by atoms with van der Waals surface area (Å²) in [5.74, 6) is 1.56. The predicted molar refractivity (Wildman–Crippen MR) is 113 cm³/mol. The van der Waals surface area contributed by atoms with Crippen LogP contribution in [0, 0.1) is 6.92 Å². The molecule has 1 aromatic heterocycles. The van der Waals surface area contributed by atoms with E-state index >= 15 is 0 Å². The summed E-state index contributed by atoms with van der Waals surface area (Å²) in [6.07, 6.45) is 0.821. The largest absolute Gasteiger partial charge is 0.369 e. The van der Waals surface area contributed by atoms with E-state index in [9.17, 15) is 0 Å². The van der Waals surface area contributed by atoms with E-state index in [0.717, 1.165) is 70.5 Å². The summed E-state index contributed by atoms with van der Waals surface area (Å²) >= 11 is 0. The van der Waals surface area contributed by atoms with Crippen molar-refractivity contribution in [3.8, 4) is 0 Å². The molecular formula is C20H31ClN6O. The molecule has 0 amide bonds. The quantitative estimate of drug-likeness (QED) is 0.811. The van der Waals surface area contributed by atoms with Crippen molar-refractivity contribution in [3.05, 3.63) is 41.5 Å². The summed E-state index contributed by atoms with van der Waals surface area (Å²) in [6.45, 7) is 10.3. The van der Waals surface area contributed by atoms with Crippen molar-refractivity contribution in [2.45, 2.75) is 19.4 Å². The van der Waals surface area contributed by atoms with Crippen LogP contribution < -0.4 is 10.2 Å². The third kappa shape index (κ3) is 5.03. The summed E-state index contributed by atoms with van der Waals surface area (Å²) in [4.78, 5) is 11.9. The van der Waals surface area contributed by atoms with Gasteiger partial charge in [0.2, 0.25) is 5.89 Å². The molecule has 0 spiro atoms.